The van der Waals surface area contributed by atoms with Crippen molar-refractivity contribution in [3.8, 4) is 17.3 Å². The van der Waals surface area contributed by atoms with Crippen LogP contribution in [0.4, 0.5) is 0 Å². The minimum absolute atomic E-state index is 0.0658. The van der Waals surface area contributed by atoms with Gasteiger partial charge in [-0.2, -0.15) is 5.26 Å². The molecule has 5 nitrogen and oxygen atoms in total. The molecular weight excluding hydrogens is 390 g/mol. The Balaban J connectivity index is 1.81. The lowest BCUT2D eigenvalue weighted by molar-refractivity contribution is 0.0381. The van der Waals surface area contributed by atoms with Crippen molar-refractivity contribution in [3.05, 3.63) is 44.9 Å². The quantitative estimate of drug-likeness (QED) is 0.620. The number of rotatable bonds is 4. The van der Waals surface area contributed by atoms with Gasteiger partial charge in [-0.1, -0.05) is 28.1 Å². The summed E-state index contributed by atoms with van der Waals surface area (Å²) < 4.78 is 6.30. The molecule has 0 unspecified atom stereocenters. The van der Waals surface area contributed by atoms with Crippen LogP contribution in [0.15, 0.2) is 39.9 Å². The van der Waals surface area contributed by atoms with Gasteiger partial charge in [0.25, 0.3) is 0 Å². The monoisotopic (exact) mass is 405 g/mol. The van der Waals surface area contributed by atoms with Crippen molar-refractivity contribution in [2.75, 3.05) is 32.8 Å². The van der Waals surface area contributed by atoms with E-state index in [0.29, 0.717) is 24.8 Å². The number of aliphatic hydroxyl groups excluding tert-OH is 1. The van der Waals surface area contributed by atoms with Crippen LogP contribution in [-0.2, 0) is 4.74 Å². The van der Waals surface area contributed by atoms with Gasteiger partial charge in [-0.15, -0.1) is 11.3 Å². The fraction of sp³-hybridized carbons (Fsp3) is 0.294. The fourth-order valence-corrected chi connectivity index (χ4v) is 3.54. The molecule has 0 bridgehead atoms. The Bertz CT molecular complexity index is 774. The molecular formula is C17H16BrN3O2S. The minimum Gasteiger partial charge on any atom is -0.509 e. The average molecular weight is 406 g/mol. The number of morpholine rings is 1. The first-order valence-electron chi connectivity index (χ1n) is 7.51. The van der Waals surface area contributed by atoms with Gasteiger partial charge in [-0.05, 0) is 12.1 Å². The number of hydrogen-bond acceptors (Lipinski definition) is 6. The Kier molecular flexibility index (Phi) is 5.63. The summed E-state index contributed by atoms with van der Waals surface area (Å²) in [6.07, 6.45) is 0. The maximum absolute atomic E-state index is 10.4. The van der Waals surface area contributed by atoms with Crippen LogP contribution in [-0.4, -0.2) is 47.8 Å². The Labute approximate surface area is 153 Å². The highest BCUT2D eigenvalue weighted by molar-refractivity contribution is 9.10. The second kappa shape index (κ2) is 7.90. The molecule has 1 N–H and O–H groups in total. The Hall–Kier alpha value is -1.72. The molecule has 1 saturated heterocycles. The molecule has 0 spiro atoms. The number of halogens is 1. The molecule has 124 valence electrons. The normalized spacial score (nSPS) is 16.5. The highest BCUT2D eigenvalue weighted by Crippen LogP contribution is 2.28. The number of ether oxygens (including phenoxy) is 1. The number of allylic oxidation sites excluding steroid dienone is 1. The topological polar surface area (TPSA) is 69.4 Å². The van der Waals surface area contributed by atoms with E-state index >= 15 is 0 Å². The van der Waals surface area contributed by atoms with Crippen LogP contribution in [0.25, 0.3) is 16.8 Å². The van der Waals surface area contributed by atoms with Gasteiger partial charge in [-0.3, -0.25) is 4.90 Å². The summed E-state index contributed by atoms with van der Waals surface area (Å²) >= 11 is 4.77. The largest absolute Gasteiger partial charge is 0.509 e. The molecule has 2 aromatic rings. The van der Waals surface area contributed by atoms with Crippen molar-refractivity contribution in [1.29, 1.82) is 5.26 Å². The van der Waals surface area contributed by atoms with E-state index in [9.17, 15) is 10.4 Å². The molecule has 2 heterocycles. The molecule has 0 amide bonds. The maximum atomic E-state index is 10.4. The molecule has 3 rings (SSSR count). The van der Waals surface area contributed by atoms with Gasteiger partial charge >= 0.3 is 0 Å². The van der Waals surface area contributed by atoms with Gasteiger partial charge < -0.3 is 9.84 Å². The van der Waals surface area contributed by atoms with Crippen molar-refractivity contribution in [3.63, 3.8) is 0 Å². The Morgan fingerprint density at radius 2 is 2.04 bits per heavy atom. The fourth-order valence-electron chi connectivity index (χ4n) is 2.43. The molecule has 1 fully saturated rings. The zero-order chi connectivity index (χ0) is 16.9. The van der Waals surface area contributed by atoms with Gasteiger partial charge in [0.1, 0.15) is 22.4 Å². The van der Waals surface area contributed by atoms with Gasteiger partial charge in [-0.25, -0.2) is 4.98 Å². The highest BCUT2D eigenvalue weighted by Gasteiger charge is 2.18. The summed E-state index contributed by atoms with van der Waals surface area (Å²) in [7, 11) is 0. The molecule has 24 heavy (non-hydrogen) atoms. The SMILES string of the molecule is N#CC(=C(O)CN1CCOCC1)c1nc(-c2ccc(Br)cc2)cs1. The van der Waals surface area contributed by atoms with Gasteiger partial charge in [0.2, 0.25) is 0 Å². The van der Waals surface area contributed by atoms with Gasteiger partial charge in [0.05, 0.1) is 25.5 Å². The van der Waals surface area contributed by atoms with Crippen molar-refractivity contribution in [2.24, 2.45) is 0 Å². The van der Waals surface area contributed by atoms with E-state index < -0.39 is 0 Å². The zero-order valence-electron chi connectivity index (χ0n) is 12.9. The van der Waals surface area contributed by atoms with Crippen LogP contribution in [0.3, 0.4) is 0 Å². The lowest BCUT2D eigenvalue weighted by Crippen LogP contribution is -2.37. The molecule has 0 aliphatic carbocycles. The number of nitrogens with zero attached hydrogens (tertiary/aromatic N) is 3. The first-order valence-corrected chi connectivity index (χ1v) is 9.19. The molecule has 0 saturated carbocycles. The maximum Gasteiger partial charge on any atom is 0.138 e. The second-order valence-electron chi connectivity index (χ2n) is 5.37. The molecule has 7 heteroatoms. The lowest BCUT2D eigenvalue weighted by atomic mass is 10.2. The predicted molar refractivity (Wildman–Crippen MR) is 97.7 cm³/mol. The van der Waals surface area contributed by atoms with E-state index in [1.807, 2.05) is 29.6 Å². The molecule has 1 aromatic carbocycles. The third-order valence-electron chi connectivity index (χ3n) is 3.74. The highest BCUT2D eigenvalue weighted by atomic mass is 79.9. The third-order valence-corrected chi connectivity index (χ3v) is 5.12. The van der Waals surface area contributed by atoms with E-state index in [-0.39, 0.29) is 11.3 Å². The number of benzene rings is 1. The van der Waals surface area contributed by atoms with Crippen molar-refractivity contribution in [1.82, 2.24) is 9.88 Å². The number of aromatic nitrogens is 1. The number of aliphatic hydroxyl groups is 1. The van der Waals surface area contributed by atoms with E-state index in [0.717, 1.165) is 28.8 Å². The van der Waals surface area contributed by atoms with E-state index in [2.05, 4.69) is 31.9 Å². The molecule has 0 atom stereocenters. The average Bonchev–Trinajstić information content (AvgIpc) is 3.07. The van der Waals surface area contributed by atoms with Gasteiger partial charge in [0, 0.05) is 28.5 Å². The minimum atomic E-state index is 0.0658. The van der Waals surface area contributed by atoms with Crippen LogP contribution in [0.5, 0.6) is 0 Å². The van der Waals surface area contributed by atoms with Crippen molar-refractivity contribution >= 4 is 32.8 Å². The molecule has 1 aromatic heterocycles. The summed E-state index contributed by atoms with van der Waals surface area (Å²) in [5.74, 6) is 0.0658. The smallest absolute Gasteiger partial charge is 0.138 e. The summed E-state index contributed by atoms with van der Waals surface area (Å²) in [5.41, 5.74) is 2.02. The number of thiazole rings is 1. The molecule has 1 aliphatic rings. The summed E-state index contributed by atoms with van der Waals surface area (Å²) in [4.78, 5) is 6.58. The second-order valence-corrected chi connectivity index (χ2v) is 7.14. The van der Waals surface area contributed by atoms with E-state index in [1.54, 1.807) is 0 Å². The Morgan fingerprint density at radius 3 is 2.71 bits per heavy atom. The predicted octanol–water partition coefficient (Wildman–Crippen LogP) is 3.70. The lowest BCUT2D eigenvalue weighted by Gasteiger charge is -2.26. The van der Waals surface area contributed by atoms with E-state index in [4.69, 9.17) is 4.74 Å². The number of nitriles is 1. The van der Waals surface area contributed by atoms with Crippen molar-refractivity contribution < 1.29 is 9.84 Å². The first kappa shape index (κ1) is 17.1. The Morgan fingerprint density at radius 1 is 1.33 bits per heavy atom. The van der Waals surface area contributed by atoms with Crippen molar-refractivity contribution in [2.45, 2.75) is 0 Å². The summed E-state index contributed by atoms with van der Waals surface area (Å²) in [6.45, 7) is 3.16. The first-order chi connectivity index (χ1) is 11.7. The van der Waals surface area contributed by atoms with Crippen LogP contribution in [0.2, 0.25) is 0 Å². The van der Waals surface area contributed by atoms with Crippen LogP contribution >= 0.6 is 27.3 Å². The van der Waals surface area contributed by atoms with Crippen LogP contribution in [0.1, 0.15) is 5.01 Å². The zero-order valence-corrected chi connectivity index (χ0v) is 15.3. The molecule has 1 aliphatic heterocycles. The van der Waals surface area contributed by atoms with Gasteiger partial charge in [0.15, 0.2) is 0 Å². The molecule has 0 radical (unpaired) electrons. The third kappa shape index (κ3) is 4.02. The van der Waals surface area contributed by atoms with Crippen LogP contribution < -0.4 is 0 Å². The summed E-state index contributed by atoms with van der Waals surface area (Å²) in [5, 5.41) is 22.3. The standard InChI is InChI=1S/C17H16BrN3O2S/c18-13-3-1-12(2-4-13)15-11-24-17(20-15)14(9-19)16(22)10-21-5-7-23-8-6-21/h1-4,11,22H,5-8,10H2. The van der Waals surface area contributed by atoms with Crippen LogP contribution in [0, 0.1) is 11.3 Å². The summed E-state index contributed by atoms with van der Waals surface area (Å²) in [6, 6.07) is 9.92. The van der Waals surface area contributed by atoms with E-state index in [1.165, 1.54) is 11.3 Å². The number of hydrogen-bond donors (Lipinski definition) is 1.